The number of carbonyl (C=O) groups excluding carboxylic acids is 2. The minimum atomic E-state index is -0.546. The van der Waals surface area contributed by atoms with Crippen LogP contribution in [0.25, 0.3) is 0 Å². The molecule has 0 saturated carbocycles. The first-order chi connectivity index (χ1) is 7.06. The summed E-state index contributed by atoms with van der Waals surface area (Å²) in [4.78, 5) is 22.1. The van der Waals surface area contributed by atoms with Gasteiger partial charge in [-0.25, -0.2) is 0 Å². The molecule has 80 valence electrons. The lowest BCUT2D eigenvalue weighted by molar-refractivity contribution is -0.109. The van der Waals surface area contributed by atoms with Gasteiger partial charge in [0.2, 0.25) is 0 Å². The maximum Gasteiger partial charge on any atom is 0.172 e. The van der Waals surface area contributed by atoms with Gasteiger partial charge in [0.25, 0.3) is 0 Å². The predicted molar refractivity (Wildman–Crippen MR) is 60.1 cm³/mol. The van der Waals surface area contributed by atoms with E-state index in [1.54, 1.807) is 19.1 Å². The van der Waals surface area contributed by atoms with E-state index in [9.17, 15) is 9.59 Å². The molecule has 1 aromatic rings. The number of hydrogen-bond donors (Lipinski definition) is 0. The van der Waals surface area contributed by atoms with Crippen LogP contribution in [-0.4, -0.2) is 12.1 Å². The van der Waals surface area contributed by atoms with Gasteiger partial charge in [0.1, 0.15) is 6.29 Å². The number of Topliss-reactive ketones (excluding diaryl/α,β-unsaturated/α-hetero) is 1. The fourth-order valence-corrected chi connectivity index (χ4v) is 1.36. The third kappa shape index (κ3) is 2.75. The Morgan fingerprint density at radius 3 is 2.07 bits per heavy atom. The summed E-state index contributed by atoms with van der Waals surface area (Å²) in [6.45, 7) is 5.82. The van der Waals surface area contributed by atoms with Gasteiger partial charge in [-0.3, -0.25) is 4.79 Å². The Labute approximate surface area is 90.3 Å². The molecule has 0 saturated heterocycles. The van der Waals surface area contributed by atoms with E-state index in [4.69, 9.17) is 0 Å². The van der Waals surface area contributed by atoms with Crippen LogP contribution in [0.3, 0.4) is 0 Å². The van der Waals surface area contributed by atoms with Crippen molar-refractivity contribution in [1.29, 1.82) is 0 Å². The van der Waals surface area contributed by atoms with Crippen LogP contribution in [0, 0.1) is 5.92 Å². The Morgan fingerprint density at radius 2 is 1.67 bits per heavy atom. The largest absolute Gasteiger partial charge is 0.303 e. The molecule has 0 heterocycles. The fourth-order valence-electron chi connectivity index (χ4n) is 1.36. The molecule has 0 N–H and O–H groups in total. The number of aldehydes is 1. The van der Waals surface area contributed by atoms with Crippen molar-refractivity contribution >= 4 is 12.1 Å². The van der Waals surface area contributed by atoms with Gasteiger partial charge in [-0.2, -0.15) is 0 Å². The monoisotopic (exact) mass is 204 g/mol. The van der Waals surface area contributed by atoms with Crippen LogP contribution >= 0.6 is 0 Å². The molecule has 0 amide bonds. The van der Waals surface area contributed by atoms with E-state index in [1.807, 2.05) is 12.1 Å². The van der Waals surface area contributed by atoms with Crippen LogP contribution in [0.15, 0.2) is 24.3 Å². The Balaban J connectivity index is 2.89. The lowest BCUT2D eigenvalue weighted by Crippen LogP contribution is -2.12. The number of ketones is 1. The summed E-state index contributed by atoms with van der Waals surface area (Å²) in [5.74, 6) is -0.201. The molecule has 0 fully saturated rings. The summed E-state index contributed by atoms with van der Waals surface area (Å²) >= 11 is 0. The number of carbonyl (C=O) groups is 2. The van der Waals surface area contributed by atoms with Crippen molar-refractivity contribution in [3.05, 3.63) is 35.4 Å². The van der Waals surface area contributed by atoms with E-state index < -0.39 is 5.92 Å². The molecule has 15 heavy (non-hydrogen) atoms. The van der Waals surface area contributed by atoms with Gasteiger partial charge < -0.3 is 4.79 Å². The molecule has 0 aliphatic heterocycles. The Morgan fingerprint density at radius 1 is 1.13 bits per heavy atom. The molecule has 2 heteroatoms. The van der Waals surface area contributed by atoms with E-state index in [-0.39, 0.29) is 5.78 Å². The lowest BCUT2D eigenvalue weighted by atomic mass is 9.97. The third-order valence-electron chi connectivity index (χ3n) is 2.48. The molecule has 0 aromatic heterocycles. The zero-order valence-corrected chi connectivity index (χ0v) is 9.36. The number of hydrogen-bond acceptors (Lipinski definition) is 2. The van der Waals surface area contributed by atoms with Crippen molar-refractivity contribution in [3.63, 3.8) is 0 Å². The highest BCUT2D eigenvalue weighted by Gasteiger charge is 2.13. The molecular formula is C13H16O2. The van der Waals surface area contributed by atoms with Crippen molar-refractivity contribution in [2.24, 2.45) is 5.92 Å². The smallest absolute Gasteiger partial charge is 0.172 e. The van der Waals surface area contributed by atoms with Gasteiger partial charge in [0.15, 0.2) is 5.78 Å². The van der Waals surface area contributed by atoms with Gasteiger partial charge in [-0.15, -0.1) is 0 Å². The van der Waals surface area contributed by atoms with Crippen molar-refractivity contribution in [2.45, 2.75) is 26.7 Å². The summed E-state index contributed by atoms with van der Waals surface area (Å²) in [6, 6.07) is 7.46. The van der Waals surface area contributed by atoms with E-state index in [0.717, 1.165) is 0 Å². The zero-order chi connectivity index (χ0) is 11.4. The number of rotatable bonds is 4. The van der Waals surface area contributed by atoms with Crippen LogP contribution in [0.4, 0.5) is 0 Å². The molecule has 1 unspecified atom stereocenters. The van der Waals surface area contributed by atoms with E-state index in [2.05, 4.69) is 13.8 Å². The van der Waals surface area contributed by atoms with E-state index in [1.165, 1.54) is 5.56 Å². The van der Waals surface area contributed by atoms with E-state index >= 15 is 0 Å². The van der Waals surface area contributed by atoms with Crippen molar-refractivity contribution in [2.75, 3.05) is 0 Å². The highest BCUT2D eigenvalue weighted by Crippen LogP contribution is 2.16. The van der Waals surface area contributed by atoms with Crippen LogP contribution in [0.5, 0.6) is 0 Å². The first-order valence-electron chi connectivity index (χ1n) is 5.15. The maximum absolute atomic E-state index is 11.6. The molecule has 0 bridgehead atoms. The lowest BCUT2D eigenvalue weighted by Gasteiger charge is -2.07. The molecule has 0 spiro atoms. The molecular weight excluding hydrogens is 188 g/mol. The van der Waals surface area contributed by atoms with Crippen LogP contribution in [0.2, 0.25) is 0 Å². The summed E-state index contributed by atoms with van der Waals surface area (Å²) in [7, 11) is 0. The zero-order valence-electron chi connectivity index (χ0n) is 9.36. The Kier molecular flexibility index (Phi) is 3.78. The fraction of sp³-hybridized carbons (Fsp3) is 0.385. The Bertz CT molecular complexity index is 349. The first-order valence-corrected chi connectivity index (χ1v) is 5.15. The molecule has 0 aliphatic carbocycles. The highest BCUT2D eigenvalue weighted by molar-refractivity contribution is 6.04. The van der Waals surface area contributed by atoms with Crippen LogP contribution in [0.1, 0.15) is 42.6 Å². The van der Waals surface area contributed by atoms with Crippen LogP contribution in [-0.2, 0) is 4.79 Å². The Hall–Kier alpha value is -1.44. The minimum Gasteiger partial charge on any atom is -0.303 e. The van der Waals surface area contributed by atoms with Crippen molar-refractivity contribution < 1.29 is 9.59 Å². The second-order valence-electron chi connectivity index (χ2n) is 4.07. The third-order valence-corrected chi connectivity index (χ3v) is 2.48. The topological polar surface area (TPSA) is 34.1 Å². The quantitative estimate of drug-likeness (QED) is 0.429. The van der Waals surface area contributed by atoms with Gasteiger partial charge in [-0.1, -0.05) is 38.1 Å². The predicted octanol–water partition coefficient (Wildman–Crippen LogP) is 2.83. The van der Waals surface area contributed by atoms with Crippen molar-refractivity contribution in [3.8, 4) is 0 Å². The summed E-state index contributed by atoms with van der Waals surface area (Å²) in [5.41, 5.74) is 1.81. The molecule has 1 rings (SSSR count). The summed E-state index contributed by atoms with van der Waals surface area (Å²) in [5, 5.41) is 0. The maximum atomic E-state index is 11.6. The van der Waals surface area contributed by atoms with Gasteiger partial charge in [0.05, 0.1) is 5.92 Å². The van der Waals surface area contributed by atoms with E-state index in [0.29, 0.717) is 17.8 Å². The van der Waals surface area contributed by atoms with Gasteiger partial charge in [0, 0.05) is 5.56 Å². The average Bonchev–Trinajstić information content (AvgIpc) is 2.27. The minimum absolute atomic E-state index is 0.111. The first kappa shape index (κ1) is 11.6. The molecule has 0 radical (unpaired) electrons. The van der Waals surface area contributed by atoms with Gasteiger partial charge in [-0.05, 0) is 18.4 Å². The molecule has 1 aromatic carbocycles. The van der Waals surface area contributed by atoms with Crippen molar-refractivity contribution in [1.82, 2.24) is 0 Å². The summed E-state index contributed by atoms with van der Waals surface area (Å²) < 4.78 is 0. The SMILES string of the molecule is CC(C=O)C(=O)c1ccc(C(C)C)cc1. The normalized spacial score (nSPS) is 12.5. The highest BCUT2D eigenvalue weighted by atomic mass is 16.1. The number of benzene rings is 1. The van der Waals surface area contributed by atoms with Gasteiger partial charge >= 0.3 is 0 Å². The molecule has 0 aliphatic rings. The second kappa shape index (κ2) is 4.87. The summed E-state index contributed by atoms with van der Waals surface area (Å²) in [6.07, 6.45) is 0.679. The standard InChI is InChI=1S/C13H16O2/c1-9(2)11-4-6-12(7-5-11)13(15)10(3)8-14/h4-10H,1-3H3. The second-order valence-corrected chi connectivity index (χ2v) is 4.07. The average molecular weight is 204 g/mol. The van der Waals surface area contributed by atoms with Crippen LogP contribution < -0.4 is 0 Å². The molecule has 2 nitrogen and oxygen atoms in total. The molecule has 1 atom stereocenters.